The van der Waals surface area contributed by atoms with Gasteiger partial charge in [-0.3, -0.25) is 9.59 Å². The minimum Gasteiger partial charge on any atom is -0.378 e. The Morgan fingerprint density at radius 2 is 2.23 bits per heavy atom. The third-order valence-electron chi connectivity index (χ3n) is 5.03. The van der Waals surface area contributed by atoms with Crippen LogP contribution in [0.1, 0.15) is 29.4 Å². The monoisotopic (exact) mass is 427 g/mol. The van der Waals surface area contributed by atoms with Gasteiger partial charge in [-0.15, -0.1) is 17.9 Å². The highest BCUT2D eigenvalue weighted by Gasteiger charge is 2.29. The molecular weight excluding hydrogens is 402 g/mol. The molecule has 2 N–H and O–H groups in total. The smallest absolute Gasteiger partial charge is 0.262 e. The summed E-state index contributed by atoms with van der Waals surface area (Å²) in [7, 11) is 0. The van der Waals surface area contributed by atoms with Crippen molar-refractivity contribution in [3.8, 4) is 0 Å². The third-order valence-corrected chi connectivity index (χ3v) is 6.15. The van der Waals surface area contributed by atoms with Crippen molar-refractivity contribution >= 4 is 33.2 Å². The first-order valence-electron chi connectivity index (χ1n) is 9.82. The van der Waals surface area contributed by atoms with Crippen molar-refractivity contribution in [3.63, 3.8) is 0 Å². The molecule has 0 radical (unpaired) electrons. The van der Waals surface area contributed by atoms with E-state index in [2.05, 4.69) is 27.2 Å². The van der Waals surface area contributed by atoms with Crippen LogP contribution in [-0.4, -0.2) is 43.7 Å². The lowest BCUT2D eigenvalue weighted by Crippen LogP contribution is -2.48. The molecule has 0 bridgehead atoms. The summed E-state index contributed by atoms with van der Waals surface area (Å²) in [5.41, 5.74) is 9.30. The SMILES string of the molecule is C=C(C)C[C@H](NC(=O)c1cc2ccccc2s1)C(=O)NC[C@H]1CCO[C@@H]1CN=[N+]=[N-]. The van der Waals surface area contributed by atoms with Crippen LogP contribution in [-0.2, 0) is 9.53 Å². The molecule has 0 spiro atoms. The van der Waals surface area contributed by atoms with Gasteiger partial charge in [-0.1, -0.05) is 28.9 Å². The van der Waals surface area contributed by atoms with Crippen LogP contribution in [0, 0.1) is 5.92 Å². The molecule has 0 saturated carbocycles. The average Bonchev–Trinajstić information content (AvgIpc) is 3.36. The number of azide groups is 1. The topological polar surface area (TPSA) is 116 Å². The molecule has 1 fully saturated rings. The number of fused-ring (bicyclic) bond motifs is 1. The van der Waals surface area contributed by atoms with E-state index in [0.717, 1.165) is 22.1 Å². The van der Waals surface area contributed by atoms with Gasteiger partial charge in [-0.2, -0.15) is 0 Å². The fourth-order valence-electron chi connectivity index (χ4n) is 3.48. The Morgan fingerprint density at radius 1 is 1.43 bits per heavy atom. The Morgan fingerprint density at radius 3 is 2.97 bits per heavy atom. The Bertz CT molecular complexity index is 949. The number of carbonyl (C=O) groups is 2. The highest BCUT2D eigenvalue weighted by atomic mass is 32.1. The Balaban J connectivity index is 1.62. The van der Waals surface area contributed by atoms with E-state index in [0.29, 0.717) is 24.4 Å². The van der Waals surface area contributed by atoms with Crippen molar-refractivity contribution in [3.05, 3.63) is 57.8 Å². The molecule has 3 rings (SSSR count). The molecule has 1 aliphatic rings. The number of amides is 2. The molecular formula is C21H25N5O3S. The van der Waals surface area contributed by atoms with E-state index in [1.807, 2.05) is 37.3 Å². The number of hydrogen-bond acceptors (Lipinski definition) is 5. The van der Waals surface area contributed by atoms with Crippen LogP contribution in [0.3, 0.4) is 0 Å². The van der Waals surface area contributed by atoms with Gasteiger partial charge in [0.1, 0.15) is 6.04 Å². The standard InChI is InChI=1S/C21H25N5O3S/c1-13(2)9-16(20(27)23-11-15-7-8-29-17(15)12-24-26-22)25-21(28)19-10-14-5-3-4-6-18(14)30-19/h3-6,10,15-17H,1,7-9,11-12H2,2H3,(H,23,27)(H,25,28)/t15-,16+,17-/m1/s1. The summed E-state index contributed by atoms with van der Waals surface area (Å²) in [6.07, 6.45) is 0.936. The minimum absolute atomic E-state index is 0.0724. The third kappa shape index (κ3) is 5.60. The van der Waals surface area contributed by atoms with Crippen molar-refractivity contribution in [1.29, 1.82) is 0 Å². The van der Waals surface area contributed by atoms with Gasteiger partial charge in [-0.05, 0) is 42.8 Å². The van der Waals surface area contributed by atoms with E-state index >= 15 is 0 Å². The van der Waals surface area contributed by atoms with Gasteiger partial charge in [-0.25, -0.2) is 0 Å². The molecule has 158 valence electrons. The van der Waals surface area contributed by atoms with Crippen molar-refractivity contribution < 1.29 is 14.3 Å². The van der Waals surface area contributed by atoms with Crippen LogP contribution in [0.4, 0.5) is 0 Å². The fraction of sp³-hybridized carbons (Fsp3) is 0.429. The van der Waals surface area contributed by atoms with E-state index in [9.17, 15) is 9.59 Å². The van der Waals surface area contributed by atoms with Crippen molar-refractivity contribution in [2.45, 2.75) is 31.9 Å². The second-order valence-corrected chi connectivity index (χ2v) is 8.54. The van der Waals surface area contributed by atoms with Crippen LogP contribution in [0.15, 0.2) is 47.6 Å². The second kappa shape index (κ2) is 10.2. The number of benzene rings is 1. The number of carbonyl (C=O) groups excluding carboxylic acids is 2. The van der Waals surface area contributed by atoms with Gasteiger partial charge >= 0.3 is 0 Å². The van der Waals surface area contributed by atoms with E-state index in [4.69, 9.17) is 10.3 Å². The zero-order valence-electron chi connectivity index (χ0n) is 16.8. The van der Waals surface area contributed by atoms with Gasteiger partial charge in [0, 0.05) is 28.7 Å². The summed E-state index contributed by atoms with van der Waals surface area (Å²) < 4.78 is 6.60. The summed E-state index contributed by atoms with van der Waals surface area (Å²) in [5, 5.41) is 10.3. The van der Waals surface area contributed by atoms with E-state index < -0.39 is 6.04 Å². The van der Waals surface area contributed by atoms with E-state index in [-0.39, 0.29) is 30.4 Å². The van der Waals surface area contributed by atoms with Crippen LogP contribution >= 0.6 is 11.3 Å². The lowest BCUT2D eigenvalue weighted by molar-refractivity contribution is -0.123. The molecule has 0 aliphatic carbocycles. The first-order valence-corrected chi connectivity index (χ1v) is 10.6. The van der Waals surface area contributed by atoms with Crippen molar-refractivity contribution in [2.24, 2.45) is 11.0 Å². The number of thiophene rings is 1. The quantitative estimate of drug-likeness (QED) is 0.274. The zero-order valence-corrected chi connectivity index (χ0v) is 17.7. The lowest BCUT2D eigenvalue weighted by Gasteiger charge is -2.21. The van der Waals surface area contributed by atoms with Crippen LogP contribution < -0.4 is 10.6 Å². The number of ether oxygens (including phenoxy) is 1. The minimum atomic E-state index is -0.710. The maximum absolute atomic E-state index is 12.8. The number of hydrogen-bond donors (Lipinski definition) is 2. The Kier molecular flexibility index (Phi) is 7.46. The molecule has 8 nitrogen and oxygen atoms in total. The predicted octanol–water partition coefficient (Wildman–Crippen LogP) is 3.80. The van der Waals surface area contributed by atoms with Crippen LogP contribution in [0.25, 0.3) is 20.5 Å². The summed E-state index contributed by atoms with van der Waals surface area (Å²) in [6, 6.07) is 8.90. The Labute approximate surface area is 178 Å². The fourth-order valence-corrected chi connectivity index (χ4v) is 4.45. The highest BCUT2D eigenvalue weighted by Crippen LogP contribution is 2.25. The lowest BCUT2D eigenvalue weighted by atomic mass is 10.0. The molecule has 2 aromatic rings. The predicted molar refractivity (Wildman–Crippen MR) is 117 cm³/mol. The summed E-state index contributed by atoms with van der Waals surface area (Å²) in [6.45, 7) is 6.92. The van der Waals surface area contributed by atoms with Crippen molar-refractivity contribution in [2.75, 3.05) is 19.7 Å². The van der Waals surface area contributed by atoms with E-state index in [1.54, 1.807) is 0 Å². The molecule has 30 heavy (non-hydrogen) atoms. The molecule has 1 saturated heterocycles. The number of rotatable bonds is 9. The Hall–Kier alpha value is -2.87. The number of nitrogens with zero attached hydrogens (tertiary/aromatic N) is 3. The maximum Gasteiger partial charge on any atom is 0.262 e. The molecule has 2 amide bonds. The van der Waals surface area contributed by atoms with Gasteiger partial charge in [0.2, 0.25) is 5.91 Å². The number of nitrogens with one attached hydrogen (secondary N) is 2. The van der Waals surface area contributed by atoms with Gasteiger partial charge < -0.3 is 15.4 Å². The molecule has 3 atom stereocenters. The average molecular weight is 428 g/mol. The molecule has 0 unspecified atom stereocenters. The zero-order chi connectivity index (χ0) is 21.5. The largest absolute Gasteiger partial charge is 0.378 e. The first kappa shape index (κ1) is 21.8. The molecule has 2 heterocycles. The van der Waals surface area contributed by atoms with Gasteiger partial charge in [0.15, 0.2) is 0 Å². The summed E-state index contributed by atoms with van der Waals surface area (Å²) in [4.78, 5) is 28.9. The first-order chi connectivity index (χ1) is 14.5. The highest BCUT2D eigenvalue weighted by molar-refractivity contribution is 7.20. The summed E-state index contributed by atoms with van der Waals surface area (Å²) in [5.74, 6) is -0.465. The normalized spacial score (nSPS) is 19.1. The second-order valence-electron chi connectivity index (χ2n) is 7.45. The molecule has 9 heteroatoms. The molecule has 1 aliphatic heterocycles. The summed E-state index contributed by atoms with van der Waals surface area (Å²) >= 11 is 1.40. The van der Waals surface area contributed by atoms with Crippen molar-refractivity contribution in [1.82, 2.24) is 10.6 Å². The van der Waals surface area contributed by atoms with Gasteiger partial charge in [0.25, 0.3) is 5.91 Å². The molecule has 1 aromatic carbocycles. The van der Waals surface area contributed by atoms with Gasteiger partial charge in [0.05, 0.1) is 17.5 Å². The van der Waals surface area contributed by atoms with Crippen LogP contribution in [0.5, 0.6) is 0 Å². The van der Waals surface area contributed by atoms with Crippen LogP contribution in [0.2, 0.25) is 0 Å². The van der Waals surface area contributed by atoms with E-state index in [1.165, 1.54) is 11.3 Å². The maximum atomic E-state index is 12.8. The molecule has 1 aromatic heterocycles.